The Hall–Kier alpha value is -3.02. The van der Waals surface area contributed by atoms with Gasteiger partial charge in [-0.3, -0.25) is 4.79 Å². The summed E-state index contributed by atoms with van der Waals surface area (Å²) >= 11 is 0. The monoisotopic (exact) mass is 329 g/mol. The molecule has 0 spiro atoms. The lowest BCUT2D eigenvalue weighted by atomic mass is 10.2. The molecule has 0 radical (unpaired) electrons. The first-order valence-electron chi connectivity index (χ1n) is 7.53. The van der Waals surface area contributed by atoms with Gasteiger partial charge in [-0.05, 0) is 56.3 Å². The molecule has 0 aliphatic carbocycles. The van der Waals surface area contributed by atoms with Gasteiger partial charge in [0.05, 0.1) is 12.2 Å². The second kappa shape index (κ2) is 8.01. The van der Waals surface area contributed by atoms with Crippen molar-refractivity contribution in [3.8, 4) is 11.5 Å². The van der Waals surface area contributed by atoms with E-state index in [-0.39, 0.29) is 18.3 Å². The van der Waals surface area contributed by atoms with E-state index in [2.05, 4.69) is 5.32 Å². The quantitative estimate of drug-likeness (QED) is 0.796. The Morgan fingerprint density at radius 3 is 2.54 bits per heavy atom. The van der Waals surface area contributed by atoms with E-state index in [1.54, 1.807) is 50.2 Å². The number of aromatic hydroxyl groups is 1. The van der Waals surface area contributed by atoms with Crippen LogP contribution in [0.2, 0.25) is 0 Å². The average Bonchev–Trinajstić information content (AvgIpc) is 2.57. The molecule has 0 heterocycles. The molecular formula is C18H19NO5. The van der Waals surface area contributed by atoms with E-state index in [0.717, 1.165) is 0 Å². The molecule has 1 atom stereocenters. The highest BCUT2D eigenvalue weighted by atomic mass is 16.5. The van der Waals surface area contributed by atoms with E-state index in [0.29, 0.717) is 17.0 Å². The first kappa shape index (κ1) is 17.3. The Labute approximate surface area is 140 Å². The molecule has 126 valence electrons. The second-order valence-electron chi connectivity index (χ2n) is 5.04. The van der Waals surface area contributed by atoms with Gasteiger partial charge in [-0.2, -0.15) is 0 Å². The van der Waals surface area contributed by atoms with Crippen molar-refractivity contribution in [3.05, 3.63) is 54.1 Å². The lowest BCUT2D eigenvalue weighted by Gasteiger charge is -2.15. The molecule has 0 aromatic heterocycles. The molecule has 2 aromatic rings. The number of rotatable bonds is 6. The molecule has 2 aromatic carbocycles. The normalized spacial score (nSPS) is 11.4. The van der Waals surface area contributed by atoms with Gasteiger partial charge in [0, 0.05) is 5.69 Å². The molecule has 2 rings (SSSR count). The van der Waals surface area contributed by atoms with Crippen molar-refractivity contribution < 1.29 is 24.2 Å². The number of phenols is 1. The summed E-state index contributed by atoms with van der Waals surface area (Å²) < 4.78 is 10.4. The van der Waals surface area contributed by atoms with Crippen LogP contribution in [0.3, 0.4) is 0 Å². The molecule has 0 saturated heterocycles. The largest absolute Gasteiger partial charge is 0.508 e. The molecule has 6 nitrogen and oxygen atoms in total. The third-order valence-electron chi connectivity index (χ3n) is 3.16. The van der Waals surface area contributed by atoms with Crippen LogP contribution in [-0.2, 0) is 9.53 Å². The summed E-state index contributed by atoms with van der Waals surface area (Å²) in [5.41, 5.74) is 0.841. The third kappa shape index (κ3) is 4.74. The maximum Gasteiger partial charge on any atom is 0.338 e. The Morgan fingerprint density at radius 1 is 1.17 bits per heavy atom. The summed E-state index contributed by atoms with van der Waals surface area (Å²) in [7, 11) is 0. The Bertz CT molecular complexity index is 712. The number of benzene rings is 2. The van der Waals surface area contributed by atoms with E-state index in [1.165, 1.54) is 12.1 Å². The number of amides is 1. The standard InChI is InChI=1S/C18H19NO5/c1-3-23-18(22)13-5-4-6-14(11-13)19-17(21)12(2)24-16-9-7-15(20)8-10-16/h4-12,20H,3H2,1-2H3,(H,19,21). The fraction of sp³-hybridized carbons (Fsp3) is 0.222. The van der Waals surface area contributed by atoms with Gasteiger partial charge >= 0.3 is 5.97 Å². The van der Waals surface area contributed by atoms with Crippen LogP contribution in [0.25, 0.3) is 0 Å². The Morgan fingerprint density at radius 2 is 1.88 bits per heavy atom. The van der Waals surface area contributed by atoms with Crippen molar-refractivity contribution in [2.45, 2.75) is 20.0 Å². The van der Waals surface area contributed by atoms with E-state index in [1.807, 2.05) is 0 Å². The third-order valence-corrected chi connectivity index (χ3v) is 3.16. The number of carbonyl (C=O) groups excluding carboxylic acids is 2. The number of phenolic OH excluding ortho intramolecular Hbond substituents is 1. The highest BCUT2D eigenvalue weighted by Gasteiger charge is 2.16. The zero-order valence-electron chi connectivity index (χ0n) is 13.5. The maximum atomic E-state index is 12.2. The van der Waals surface area contributed by atoms with Crippen LogP contribution in [0.15, 0.2) is 48.5 Å². The smallest absolute Gasteiger partial charge is 0.338 e. The summed E-state index contributed by atoms with van der Waals surface area (Å²) in [5.74, 6) is -0.211. The number of hydrogen-bond donors (Lipinski definition) is 2. The van der Waals surface area contributed by atoms with E-state index < -0.39 is 12.1 Å². The molecule has 0 aliphatic heterocycles. The second-order valence-corrected chi connectivity index (χ2v) is 5.04. The number of hydrogen-bond acceptors (Lipinski definition) is 5. The van der Waals surface area contributed by atoms with Gasteiger partial charge in [0.1, 0.15) is 11.5 Å². The Kier molecular flexibility index (Phi) is 5.78. The van der Waals surface area contributed by atoms with Gasteiger partial charge in [-0.15, -0.1) is 0 Å². The molecule has 24 heavy (non-hydrogen) atoms. The SMILES string of the molecule is CCOC(=O)c1cccc(NC(=O)C(C)Oc2ccc(O)cc2)c1. The summed E-state index contributed by atoms with van der Waals surface area (Å²) in [5, 5.41) is 11.9. The molecule has 0 aliphatic rings. The number of esters is 1. The van der Waals surface area contributed by atoms with E-state index >= 15 is 0 Å². The van der Waals surface area contributed by atoms with Crippen LogP contribution in [0.5, 0.6) is 11.5 Å². The number of anilines is 1. The van der Waals surface area contributed by atoms with Gasteiger partial charge in [-0.1, -0.05) is 6.07 Å². The van der Waals surface area contributed by atoms with E-state index in [4.69, 9.17) is 9.47 Å². The summed E-state index contributed by atoms with van der Waals surface area (Å²) in [4.78, 5) is 23.9. The van der Waals surface area contributed by atoms with Gasteiger partial charge < -0.3 is 19.9 Å². The minimum atomic E-state index is -0.749. The first-order chi connectivity index (χ1) is 11.5. The molecule has 6 heteroatoms. The van der Waals surface area contributed by atoms with Gasteiger partial charge in [0.25, 0.3) is 5.91 Å². The van der Waals surface area contributed by atoms with Gasteiger partial charge in [0.15, 0.2) is 6.10 Å². The molecular weight excluding hydrogens is 310 g/mol. The van der Waals surface area contributed by atoms with Gasteiger partial charge in [-0.25, -0.2) is 4.79 Å². The summed E-state index contributed by atoms with van der Waals surface area (Å²) in [6.07, 6.45) is -0.749. The average molecular weight is 329 g/mol. The summed E-state index contributed by atoms with van der Waals surface area (Å²) in [6.45, 7) is 3.62. The van der Waals surface area contributed by atoms with Crippen LogP contribution < -0.4 is 10.1 Å². The molecule has 2 N–H and O–H groups in total. The zero-order valence-corrected chi connectivity index (χ0v) is 13.5. The molecule has 0 bridgehead atoms. The maximum absolute atomic E-state index is 12.2. The summed E-state index contributed by atoms with van der Waals surface area (Å²) in [6, 6.07) is 12.6. The fourth-order valence-electron chi connectivity index (χ4n) is 1.96. The zero-order chi connectivity index (χ0) is 17.5. The minimum Gasteiger partial charge on any atom is -0.508 e. The molecule has 1 unspecified atom stereocenters. The number of nitrogens with one attached hydrogen (secondary N) is 1. The van der Waals surface area contributed by atoms with Crippen LogP contribution in [0.4, 0.5) is 5.69 Å². The fourth-order valence-corrected chi connectivity index (χ4v) is 1.96. The predicted octanol–water partition coefficient (Wildman–Crippen LogP) is 2.97. The highest BCUT2D eigenvalue weighted by Crippen LogP contribution is 2.18. The molecule has 0 fully saturated rings. The van der Waals surface area contributed by atoms with Crippen molar-refractivity contribution in [2.75, 3.05) is 11.9 Å². The lowest BCUT2D eigenvalue weighted by molar-refractivity contribution is -0.122. The topological polar surface area (TPSA) is 84.9 Å². The first-order valence-corrected chi connectivity index (χ1v) is 7.53. The van der Waals surface area contributed by atoms with Crippen LogP contribution in [0, 0.1) is 0 Å². The van der Waals surface area contributed by atoms with Crippen molar-refractivity contribution in [1.82, 2.24) is 0 Å². The van der Waals surface area contributed by atoms with Crippen molar-refractivity contribution in [2.24, 2.45) is 0 Å². The number of carbonyl (C=O) groups is 2. The highest BCUT2D eigenvalue weighted by molar-refractivity contribution is 5.96. The van der Waals surface area contributed by atoms with Crippen molar-refractivity contribution in [3.63, 3.8) is 0 Å². The predicted molar refractivity (Wildman–Crippen MR) is 89.2 cm³/mol. The van der Waals surface area contributed by atoms with E-state index in [9.17, 15) is 14.7 Å². The van der Waals surface area contributed by atoms with Crippen LogP contribution in [0.1, 0.15) is 24.2 Å². The van der Waals surface area contributed by atoms with Crippen molar-refractivity contribution >= 4 is 17.6 Å². The Balaban J connectivity index is 1.99. The van der Waals surface area contributed by atoms with Gasteiger partial charge in [0.2, 0.25) is 0 Å². The minimum absolute atomic E-state index is 0.121. The lowest BCUT2D eigenvalue weighted by Crippen LogP contribution is -2.30. The van der Waals surface area contributed by atoms with Crippen LogP contribution >= 0.6 is 0 Å². The number of ether oxygens (including phenoxy) is 2. The van der Waals surface area contributed by atoms with Crippen LogP contribution in [-0.4, -0.2) is 29.7 Å². The molecule has 1 amide bonds. The molecule has 0 saturated carbocycles. The van der Waals surface area contributed by atoms with Crippen molar-refractivity contribution in [1.29, 1.82) is 0 Å².